The maximum Gasteiger partial charge on any atom is 0.274 e. The van der Waals surface area contributed by atoms with Crippen molar-refractivity contribution in [2.45, 2.75) is 24.6 Å². The van der Waals surface area contributed by atoms with E-state index in [1.807, 2.05) is 0 Å². The molecule has 0 saturated carbocycles. The normalized spacial score (nSPS) is 13.9. The Kier molecular flexibility index (Phi) is 4.48. The lowest BCUT2D eigenvalue weighted by molar-refractivity contribution is 0.264. The largest absolute Gasteiger partial charge is 0.447 e. The van der Waals surface area contributed by atoms with E-state index in [2.05, 4.69) is 10.0 Å². The van der Waals surface area contributed by atoms with Crippen LogP contribution in [0.25, 0.3) is 0 Å². The van der Waals surface area contributed by atoms with Crippen LogP contribution in [0.1, 0.15) is 12.7 Å². The third-order valence-electron chi connectivity index (χ3n) is 1.88. The molecule has 0 amide bonds. The van der Waals surface area contributed by atoms with Crippen LogP contribution in [-0.4, -0.2) is 33.2 Å². The highest BCUT2D eigenvalue weighted by Gasteiger charge is 2.20. The van der Waals surface area contributed by atoms with Crippen LogP contribution in [-0.2, 0) is 16.6 Å². The molecule has 0 aliphatic heterocycles. The molecule has 3 N–H and O–H groups in total. The van der Waals surface area contributed by atoms with E-state index < -0.39 is 16.1 Å². The molecule has 7 heteroatoms. The fourth-order valence-corrected chi connectivity index (χ4v) is 2.32. The van der Waals surface area contributed by atoms with Crippen molar-refractivity contribution in [3.63, 3.8) is 0 Å². The van der Waals surface area contributed by atoms with Gasteiger partial charge in [0.05, 0.1) is 13.2 Å². The average Bonchev–Trinajstić information content (AvgIpc) is 2.67. The monoisotopic (exact) mass is 248 g/mol. The van der Waals surface area contributed by atoms with E-state index in [1.165, 1.54) is 6.07 Å². The number of aliphatic hydroxyl groups is 1. The van der Waals surface area contributed by atoms with Crippen molar-refractivity contribution in [2.24, 2.45) is 0 Å². The molecule has 0 saturated heterocycles. The predicted octanol–water partition coefficient (Wildman–Crippen LogP) is -0.342. The molecule has 0 bridgehead atoms. The molecule has 0 aliphatic carbocycles. The Bertz CT molecular complexity index is 426. The molecule has 1 unspecified atom stereocenters. The molecule has 0 aliphatic rings. The number of aliphatic hydroxyl groups excluding tert-OH is 1. The van der Waals surface area contributed by atoms with Crippen LogP contribution in [0.15, 0.2) is 21.6 Å². The molecular formula is C9H16N2O4S. The van der Waals surface area contributed by atoms with E-state index in [4.69, 9.17) is 9.52 Å². The smallest absolute Gasteiger partial charge is 0.274 e. The van der Waals surface area contributed by atoms with Crippen LogP contribution < -0.4 is 10.0 Å². The predicted molar refractivity (Wildman–Crippen MR) is 58.3 cm³/mol. The first kappa shape index (κ1) is 13.2. The SMILES string of the molecule is CNCc1ccc(S(=O)(=O)NC(C)CO)o1. The van der Waals surface area contributed by atoms with E-state index in [-0.39, 0.29) is 11.7 Å². The second kappa shape index (κ2) is 5.44. The van der Waals surface area contributed by atoms with Crippen LogP contribution >= 0.6 is 0 Å². The minimum atomic E-state index is -3.67. The Morgan fingerprint density at radius 3 is 2.75 bits per heavy atom. The highest BCUT2D eigenvalue weighted by Crippen LogP contribution is 2.13. The summed E-state index contributed by atoms with van der Waals surface area (Å²) in [4.78, 5) is 0. The van der Waals surface area contributed by atoms with Crippen LogP contribution in [0.4, 0.5) is 0 Å². The second-order valence-electron chi connectivity index (χ2n) is 3.46. The first-order valence-electron chi connectivity index (χ1n) is 4.86. The van der Waals surface area contributed by atoms with Crippen LogP contribution in [0.5, 0.6) is 0 Å². The van der Waals surface area contributed by atoms with Crippen molar-refractivity contribution in [1.82, 2.24) is 10.0 Å². The van der Waals surface area contributed by atoms with Crippen molar-refractivity contribution < 1.29 is 17.9 Å². The Morgan fingerprint density at radius 2 is 2.19 bits per heavy atom. The van der Waals surface area contributed by atoms with E-state index in [1.54, 1.807) is 20.0 Å². The maximum absolute atomic E-state index is 11.7. The maximum atomic E-state index is 11.7. The summed E-state index contributed by atoms with van der Waals surface area (Å²) in [6.45, 7) is 1.77. The van der Waals surface area contributed by atoms with E-state index in [9.17, 15) is 8.42 Å². The summed E-state index contributed by atoms with van der Waals surface area (Å²) in [5, 5.41) is 11.5. The van der Waals surface area contributed by atoms with Gasteiger partial charge in [0.25, 0.3) is 10.0 Å². The van der Waals surface area contributed by atoms with Gasteiger partial charge in [-0.05, 0) is 26.1 Å². The first-order chi connectivity index (χ1) is 7.49. The molecule has 0 aromatic carbocycles. The van der Waals surface area contributed by atoms with Gasteiger partial charge in [-0.2, -0.15) is 0 Å². The second-order valence-corrected chi connectivity index (χ2v) is 5.10. The van der Waals surface area contributed by atoms with E-state index in [0.717, 1.165) is 0 Å². The molecule has 1 rings (SSSR count). The lowest BCUT2D eigenvalue weighted by atomic mass is 10.4. The van der Waals surface area contributed by atoms with Gasteiger partial charge in [0.15, 0.2) is 0 Å². The molecular weight excluding hydrogens is 232 g/mol. The first-order valence-corrected chi connectivity index (χ1v) is 6.34. The molecule has 1 aromatic rings. The van der Waals surface area contributed by atoms with Gasteiger partial charge < -0.3 is 14.8 Å². The van der Waals surface area contributed by atoms with Gasteiger partial charge in [0, 0.05) is 6.04 Å². The zero-order valence-electron chi connectivity index (χ0n) is 9.23. The van der Waals surface area contributed by atoms with Crippen molar-refractivity contribution >= 4 is 10.0 Å². The number of nitrogens with one attached hydrogen (secondary N) is 2. The summed E-state index contributed by atoms with van der Waals surface area (Å²) in [6.07, 6.45) is 0. The fraction of sp³-hybridized carbons (Fsp3) is 0.556. The van der Waals surface area contributed by atoms with Crippen molar-refractivity contribution in [2.75, 3.05) is 13.7 Å². The van der Waals surface area contributed by atoms with Gasteiger partial charge in [0.1, 0.15) is 5.76 Å². The molecule has 92 valence electrons. The number of hydrogen-bond donors (Lipinski definition) is 3. The molecule has 1 heterocycles. The molecule has 1 aromatic heterocycles. The zero-order chi connectivity index (χ0) is 12.2. The average molecular weight is 248 g/mol. The lowest BCUT2D eigenvalue weighted by Gasteiger charge is -2.09. The summed E-state index contributed by atoms with van der Waals surface area (Å²) >= 11 is 0. The van der Waals surface area contributed by atoms with Gasteiger partial charge in [-0.15, -0.1) is 0 Å². The zero-order valence-corrected chi connectivity index (χ0v) is 10.0. The van der Waals surface area contributed by atoms with Crippen LogP contribution in [0.3, 0.4) is 0 Å². The Labute approximate surface area is 94.7 Å². The number of rotatable bonds is 6. The molecule has 16 heavy (non-hydrogen) atoms. The van der Waals surface area contributed by atoms with E-state index in [0.29, 0.717) is 12.3 Å². The minimum Gasteiger partial charge on any atom is -0.447 e. The van der Waals surface area contributed by atoms with Crippen LogP contribution in [0.2, 0.25) is 0 Å². The molecule has 0 radical (unpaired) electrons. The highest BCUT2D eigenvalue weighted by molar-refractivity contribution is 7.89. The molecule has 6 nitrogen and oxygen atoms in total. The van der Waals surface area contributed by atoms with Gasteiger partial charge in [-0.3, -0.25) is 0 Å². The van der Waals surface area contributed by atoms with E-state index >= 15 is 0 Å². The highest BCUT2D eigenvalue weighted by atomic mass is 32.2. The summed E-state index contributed by atoms with van der Waals surface area (Å²) < 4.78 is 30.8. The minimum absolute atomic E-state index is 0.141. The summed E-state index contributed by atoms with van der Waals surface area (Å²) in [7, 11) is -1.93. The topological polar surface area (TPSA) is 91.6 Å². The third-order valence-corrected chi connectivity index (χ3v) is 3.34. The summed E-state index contributed by atoms with van der Waals surface area (Å²) in [5.41, 5.74) is 0. The summed E-state index contributed by atoms with van der Waals surface area (Å²) in [6, 6.07) is 2.44. The van der Waals surface area contributed by atoms with Crippen molar-refractivity contribution in [3.8, 4) is 0 Å². The summed E-state index contributed by atoms with van der Waals surface area (Å²) in [5.74, 6) is 0.541. The van der Waals surface area contributed by atoms with Crippen molar-refractivity contribution in [3.05, 3.63) is 17.9 Å². The van der Waals surface area contributed by atoms with Crippen molar-refractivity contribution in [1.29, 1.82) is 0 Å². The Morgan fingerprint density at radius 1 is 1.50 bits per heavy atom. The molecule has 0 fully saturated rings. The molecule has 0 spiro atoms. The number of furan rings is 1. The Hall–Kier alpha value is -0.890. The van der Waals surface area contributed by atoms with Gasteiger partial charge in [-0.25, -0.2) is 13.1 Å². The van der Waals surface area contributed by atoms with Gasteiger partial charge in [0.2, 0.25) is 5.09 Å². The quantitative estimate of drug-likeness (QED) is 0.640. The Balaban J connectivity index is 2.81. The van der Waals surface area contributed by atoms with Gasteiger partial charge in [-0.1, -0.05) is 0 Å². The number of sulfonamides is 1. The fourth-order valence-electron chi connectivity index (χ4n) is 1.13. The standard InChI is InChI=1S/C9H16N2O4S/c1-7(6-12)11-16(13,14)9-4-3-8(15-9)5-10-2/h3-4,7,10-12H,5-6H2,1-2H3. The van der Waals surface area contributed by atoms with Crippen LogP contribution in [0, 0.1) is 0 Å². The third kappa shape index (κ3) is 3.31. The molecule has 1 atom stereocenters. The van der Waals surface area contributed by atoms with Gasteiger partial charge >= 0.3 is 0 Å². The lowest BCUT2D eigenvalue weighted by Crippen LogP contribution is -2.34. The number of hydrogen-bond acceptors (Lipinski definition) is 5.